The van der Waals surface area contributed by atoms with Gasteiger partial charge in [0.1, 0.15) is 5.75 Å². The van der Waals surface area contributed by atoms with Gasteiger partial charge in [-0.15, -0.1) is 0 Å². The number of hydrogen-bond acceptors (Lipinski definition) is 2. The van der Waals surface area contributed by atoms with Crippen LogP contribution in [-0.4, -0.2) is 12.1 Å². The zero-order chi connectivity index (χ0) is 9.97. The fourth-order valence-electron chi connectivity index (χ4n) is 1.40. The summed E-state index contributed by atoms with van der Waals surface area (Å²) in [6, 6.07) is 7.81. The van der Waals surface area contributed by atoms with Gasteiger partial charge in [-0.3, -0.25) is 0 Å². The lowest BCUT2D eigenvalue weighted by molar-refractivity contribution is 0.415. The number of nitrogens with one attached hydrogen (secondary N) is 1. The second-order valence-electron chi connectivity index (χ2n) is 3.05. The average molecular weight is 188 g/mol. The average Bonchev–Trinajstić information content (AvgIpc) is 2.65. The number of aromatic nitrogens is 1. The van der Waals surface area contributed by atoms with Gasteiger partial charge in [-0.1, -0.05) is 12.1 Å². The lowest BCUT2D eigenvalue weighted by atomic mass is 10.1. The van der Waals surface area contributed by atoms with Crippen molar-refractivity contribution in [3.8, 4) is 16.9 Å². The predicted octanol–water partition coefficient (Wildman–Crippen LogP) is 2.27. The number of anilines is 1. The largest absolute Gasteiger partial charge is 0.497 e. The van der Waals surface area contributed by atoms with Crippen LogP contribution in [0.4, 0.5) is 5.69 Å². The highest BCUT2D eigenvalue weighted by atomic mass is 16.5. The van der Waals surface area contributed by atoms with E-state index in [4.69, 9.17) is 10.5 Å². The molecule has 14 heavy (non-hydrogen) atoms. The summed E-state index contributed by atoms with van der Waals surface area (Å²) in [4.78, 5) is 2.97. The van der Waals surface area contributed by atoms with Gasteiger partial charge in [0.25, 0.3) is 0 Å². The van der Waals surface area contributed by atoms with Gasteiger partial charge in [0.2, 0.25) is 0 Å². The molecule has 2 rings (SSSR count). The van der Waals surface area contributed by atoms with Crippen LogP contribution in [-0.2, 0) is 0 Å². The maximum absolute atomic E-state index is 5.78. The Morgan fingerprint density at radius 3 is 2.36 bits per heavy atom. The van der Waals surface area contributed by atoms with Crippen LogP contribution in [0.1, 0.15) is 0 Å². The summed E-state index contributed by atoms with van der Waals surface area (Å²) in [7, 11) is 1.65. The molecular formula is C11H12N2O. The third-order valence-corrected chi connectivity index (χ3v) is 2.18. The molecule has 0 aliphatic heterocycles. The molecule has 0 aliphatic carbocycles. The SMILES string of the molecule is COc1ccc(-c2c[nH]cc2N)cc1. The number of H-pyrrole nitrogens is 1. The Balaban J connectivity index is 2.39. The van der Waals surface area contributed by atoms with Crippen LogP contribution in [0, 0.1) is 0 Å². The molecule has 1 aromatic heterocycles. The Labute approximate surface area is 82.5 Å². The zero-order valence-corrected chi connectivity index (χ0v) is 7.95. The summed E-state index contributed by atoms with van der Waals surface area (Å²) < 4.78 is 5.08. The van der Waals surface area contributed by atoms with E-state index < -0.39 is 0 Å². The quantitative estimate of drug-likeness (QED) is 0.759. The zero-order valence-electron chi connectivity index (χ0n) is 7.95. The van der Waals surface area contributed by atoms with Crippen LogP contribution in [0.25, 0.3) is 11.1 Å². The van der Waals surface area contributed by atoms with E-state index in [1.54, 1.807) is 13.3 Å². The molecular weight excluding hydrogens is 176 g/mol. The van der Waals surface area contributed by atoms with Crippen molar-refractivity contribution in [2.45, 2.75) is 0 Å². The minimum Gasteiger partial charge on any atom is -0.497 e. The van der Waals surface area contributed by atoms with Crippen molar-refractivity contribution in [1.82, 2.24) is 4.98 Å². The molecule has 0 aliphatic rings. The lowest BCUT2D eigenvalue weighted by Gasteiger charge is -2.02. The van der Waals surface area contributed by atoms with Gasteiger partial charge in [0.15, 0.2) is 0 Å². The van der Waals surface area contributed by atoms with E-state index in [0.717, 1.165) is 22.6 Å². The van der Waals surface area contributed by atoms with Gasteiger partial charge < -0.3 is 15.5 Å². The van der Waals surface area contributed by atoms with E-state index in [1.165, 1.54) is 0 Å². The molecule has 0 unspecified atom stereocenters. The highest BCUT2D eigenvalue weighted by Gasteiger charge is 2.02. The number of hydrogen-bond donors (Lipinski definition) is 2. The maximum Gasteiger partial charge on any atom is 0.118 e. The third-order valence-electron chi connectivity index (χ3n) is 2.18. The Kier molecular flexibility index (Phi) is 2.14. The molecule has 0 saturated heterocycles. The minimum absolute atomic E-state index is 0.759. The monoisotopic (exact) mass is 188 g/mol. The van der Waals surface area contributed by atoms with Crippen molar-refractivity contribution in [1.29, 1.82) is 0 Å². The highest BCUT2D eigenvalue weighted by Crippen LogP contribution is 2.26. The predicted molar refractivity (Wildman–Crippen MR) is 57.2 cm³/mol. The standard InChI is InChI=1S/C11H12N2O/c1-14-9-4-2-8(3-5-9)10-6-13-7-11(10)12/h2-7,13H,12H2,1H3. The van der Waals surface area contributed by atoms with E-state index in [0.29, 0.717) is 0 Å². The van der Waals surface area contributed by atoms with Gasteiger partial charge in [0.05, 0.1) is 12.8 Å². The van der Waals surface area contributed by atoms with Crippen LogP contribution in [0.5, 0.6) is 5.75 Å². The van der Waals surface area contributed by atoms with Crippen LogP contribution in [0.15, 0.2) is 36.7 Å². The fourth-order valence-corrected chi connectivity index (χ4v) is 1.40. The number of benzene rings is 1. The summed E-state index contributed by atoms with van der Waals surface area (Å²) >= 11 is 0. The molecule has 3 nitrogen and oxygen atoms in total. The highest BCUT2D eigenvalue weighted by molar-refractivity contribution is 5.75. The number of aromatic amines is 1. The number of ether oxygens (including phenoxy) is 1. The van der Waals surface area contributed by atoms with E-state index in [9.17, 15) is 0 Å². The number of rotatable bonds is 2. The van der Waals surface area contributed by atoms with Gasteiger partial charge in [-0.05, 0) is 17.7 Å². The Morgan fingerprint density at radius 2 is 1.86 bits per heavy atom. The van der Waals surface area contributed by atoms with Crippen LogP contribution < -0.4 is 10.5 Å². The first kappa shape index (κ1) is 8.69. The maximum atomic E-state index is 5.78. The fraction of sp³-hybridized carbons (Fsp3) is 0.0909. The first-order valence-electron chi connectivity index (χ1n) is 4.38. The second kappa shape index (κ2) is 3.46. The molecule has 0 saturated carbocycles. The van der Waals surface area contributed by atoms with Crippen LogP contribution >= 0.6 is 0 Å². The molecule has 3 heteroatoms. The molecule has 0 bridgehead atoms. The summed E-state index contributed by atoms with van der Waals surface area (Å²) in [6.45, 7) is 0. The van der Waals surface area contributed by atoms with Crippen molar-refractivity contribution < 1.29 is 4.74 Å². The number of nitrogen functional groups attached to an aromatic ring is 1. The van der Waals surface area contributed by atoms with Crippen molar-refractivity contribution in [3.05, 3.63) is 36.7 Å². The molecule has 1 heterocycles. The first-order valence-corrected chi connectivity index (χ1v) is 4.38. The van der Waals surface area contributed by atoms with Crippen LogP contribution in [0.2, 0.25) is 0 Å². The molecule has 72 valence electrons. The summed E-state index contributed by atoms with van der Waals surface area (Å²) in [5, 5.41) is 0. The third kappa shape index (κ3) is 1.44. The van der Waals surface area contributed by atoms with E-state index >= 15 is 0 Å². The molecule has 1 aromatic carbocycles. The smallest absolute Gasteiger partial charge is 0.118 e. The van der Waals surface area contributed by atoms with Crippen molar-refractivity contribution in [2.75, 3.05) is 12.8 Å². The van der Waals surface area contributed by atoms with E-state index in [2.05, 4.69) is 4.98 Å². The van der Waals surface area contributed by atoms with Crippen molar-refractivity contribution in [3.63, 3.8) is 0 Å². The number of nitrogens with two attached hydrogens (primary N) is 1. The van der Waals surface area contributed by atoms with Crippen LogP contribution in [0.3, 0.4) is 0 Å². The topological polar surface area (TPSA) is 51.0 Å². The minimum atomic E-state index is 0.759. The van der Waals surface area contributed by atoms with Gasteiger partial charge in [-0.25, -0.2) is 0 Å². The number of methoxy groups -OCH3 is 1. The Bertz CT molecular complexity index is 417. The normalized spacial score (nSPS) is 10.1. The summed E-state index contributed by atoms with van der Waals surface area (Å²) in [5.74, 6) is 0.850. The van der Waals surface area contributed by atoms with E-state index in [1.807, 2.05) is 30.5 Å². The van der Waals surface area contributed by atoms with Gasteiger partial charge in [0, 0.05) is 18.0 Å². The molecule has 3 N–H and O–H groups in total. The molecule has 0 spiro atoms. The van der Waals surface area contributed by atoms with Crippen molar-refractivity contribution in [2.24, 2.45) is 0 Å². The Morgan fingerprint density at radius 1 is 1.14 bits per heavy atom. The van der Waals surface area contributed by atoms with Gasteiger partial charge in [-0.2, -0.15) is 0 Å². The Hall–Kier alpha value is -1.90. The molecule has 2 aromatic rings. The second-order valence-corrected chi connectivity index (χ2v) is 3.05. The summed E-state index contributed by atoms with van der Waals surface area (Å²) in [5.41, 5.74) is 8.65. The van der Waals surface area contributed by atoms with Gasteiger partial charge >= 0.3 is 0 Å². The molecule has 0 radical (unpaired) electrons. The van der Waals surface area contributed by atoms with Crippen molar-refractivity contribution >= 4 is 5.69 Å². The summed E-state index contributed by atoms with van der Waals surface area (Å²) in [6.07, 6.45) is 3.66. The molecule has 0 amide bonds. The molecule has 0 atom stereocenters. The lowest BCUT2D eigenvalue weighted by Crippen LogP contribution is -1.85. The first-order chi connectivity index (χ1) is 6.81. The molecule has 0 fully saturated rings. The van der Waals surface area contributed by atoms with E-state index in [-0.39, 0.29) is 0 Å².